The molecule has 2 aliphatic heterocycles. The topological polar surface area (TPSA) is 106 Å². The summed E-state index contributed by atoms with van der Waals surface area (Å²) in [6, 6.07) is 6.93. The fourth-order valence-electron chi connectivity index (χ4n) is 4.29. The minimum Gasteiger partial charge on any atom is -0.336 e. The predicted octanol–water partition coefficient (Wildman–Crippen LogP) is 1.79. The number of nitrogens with zero attached hydrogens (tertiary/aromatic N) is 3. The van der Waals surface area contributed by atoms with Crippen LogP contribution in [0.1, 0.15) is 40.5 Å². The van der Waals surface area contributed by atoms with Crippen LogP contribution in [0, 0.1) is 13.8 Å². The predicted molar refractivity (Wildman–Crippen MR) is 119 cm³/mol. The summed E-state index contributed by atoms with van der Waals surface area (Å²) in [7, 11) is -4.66. The van der Waals surface area contributed by atoms with Gasteiger partial charge in [-0.05, 0) is 49.9 Å². The average Bonchev–Trinajstić information content (AvgIpc) is 3.39. The monoisotopic (exact) mass is 465 g/mol. The van der Waals surface area contributed by atoms with Crippen molar-refractivity contribution in [2.45, 2.75) is 38.8 Å². The summed E-state index contributed by atoms with van der Waals surface area (Å²) in [6.07, 6.45) is 0.863. The van der Waals surface area contributed by atoms with Crippen molar-refractivity contribution >= 4 is 25.6 Å². The molecule has 8 nitrogen and oxygen atoms in total. The Morgan fingerprint density at radius 3 is 2.26 bits per heavy atom. The van der Waals surface area contributed by atoms with Crippen molar-refractivity contribution < 1.29 is 21.6 Å². The number of rotatable bonds is 4. The van der Waals surface area contributed by atoms with E-state index in [1.165, 1.54) is 4.90 Å². The van der Waals surface area contributed by atoms with Gasteiger partial charge in [0.15, 0.2) is 25.4 Å². The lowest BCUT2D eigenvalue weighted by Gasteiger charge is -2.22. The largest absolute Gasteiger partial charge is 0.336 e. The molecule has 0 N–H and O–H groups in total. The van der Waals surface area contributed by atoms with E-state index < -0.39 is 19.7 Å². The molecular formula is C21H27N3O5S2. The summed E-state index contributed by atoms with van der Waals surface area (Å²) in [5.74, 6) is -0.214. The quantitative estimate of drug-likeness (QED) is 0.681. The average molecular weight is 466 g/mol. The molecule has 0 bridgehead atoms. The lowest BCUT2D eigenvalue weighted by Crippen LogP contribution is -2.38. The second-order valence-electron chi connectivity index (χ2n) is 8.69. The van der Waals surface area contributed by atoms with Crippen molar-refractivity contribution in [3.05, 3.63) is 41.1 Å². The summed E-state index contributed by atoms with van der Waals surface area (Å²) in [5, 5.41) is 4.53. The Hall–Kier alpha value is -2.20. The highest BCUT2D eigenvalue weighted by Crippen LogP contribution is 2.31. The minimum atomic E-state index is -3.13. The first-order chi connectivity index (χ1) is 14.5. The number of carbonyl (C=O) groups excluding carboxylic acids is 1. The number of amides is 1. The Bertz CT molecular complexity index is 1250. The number of hydrogen-bond donors (Lipinski definition) is 0. The van der Waals surface area contributed by atoms with E-state index >= 15 is 0 Å². The summed E-state index contributed by atoms with van der Waals surface area (Å²) in [6.45, 7) is 4.01. The molecule has 0 unspecified atom stereocenters. The number of aromatic nitrogens is 2. The molecule has 2 fully saturated rings. The molecule has 0 radical (unpaired) electrons. The zero-order valence-corrected chi connectivity index (χ0v) is 19.5. The fourth-order valence-corrected chi connectivity index (χ4v) is 7.76. The zero-order valence-electron chi connectivity index (χ0n) is 17.9. The van der Waals surface area contributed by atoms with E-state index in [2.05, 4.69) is 5.10 Å². The van der Waals surface area contributed by atoms with Crippen LogP contribution in [0.3, 0.4) is 0 Å². The molecule has 3 heterocycles. The van der Waals surface area contributed by atoms with E-state index in [0.29, 0.717) is 18.5 Å². The summed E-state index contributed by atoms with van der Waals surface area (Å²) < 4.78 is 49.5. The molecule has 2 saturated heterocycles. The molecule has 0 saturated carbocycles. The number of hydrogen-bond acceptors (Lipinski definition) is 6. The van der Waals surface area contributed by atoms with Gasteiger partial charge >= 0.3 is 0 Å². The molecule has 0 spiro atoms. The van der Waals surface area contributed by atoms with Gasteiger partial charge in [0.2, 0.25) is 0 Å². The first kappa shape index (κ1) is 22.0. The van der Waals surface area contributed by atoms with Gasteiger partial charge in [0.1, 0.15) is 0 Å². The maximum atomic E-state index is 13.1. The van der Waals surface area contributed by atoms with E-state index in [1.54, 1.807) is 17.8 Å². The Morgan fingerprint density at radius 2 is 1.68 bits per heavy atom. The minimum absolute atomic E-state index is 0.00311. The van der Waals surface area contributed by atoms with E-state index in [9.17, 15) is 21.6 Å². The Kier molecular flexibility index (Phi) is 5.49. The van der Waals surface area contributed by atoms with E-state index in [4.69, 9.17) is 0 Å². The molecule has 2 aromatic rings. The van der Waals surface area contributed by atoms with Gasteiger partial charge in [-0.3, -0.25) is 9.48 Å². The molecule has 1 aromatic carbocycles. The van der Waals surface area contributed by atoms with Crippen LogP contribution in [0.5, 0.6) is 0 Å². The summed E-state index contributed by atoms with van der Waals surface area (Å²) in [4.78, 5) is 14.6. The first-order valence-corrected chi connectivity index (χ1v) is 14.0. The van der Waals surface area contributed by atoms with Crippen LogP contribution < -0.4 is 0 Å². The van der Waals surface area contributed by atoms with Crippen LogP contribution in [-0.4, -0.2) is 73.5 Å². The lowest BCUT2D eigenvalue weighted by molar-refractivity contribution is 0.0740. The van der Waals surface area contributed by atoms with Gasteiger partial charge in [-0.25, -0.2) is 16.8 Å². The third-order valence-electron chi connectivity index (χ3n) is 6.39. The maximum absolute atomic E-state index is 13.1. The Morgan fingerprint density at radius 1 is 1.00 bits per heavy atom. The normalized spacial score (nSPS) is 24.4. The smallest absolute Gasteiger partial charge is 0.274 e. The van der Waals surface area contributed by atoms with Gasteiger partial charge in [0.05, 0.1) is 34.7 Å². The molecule has 31 heavy (non-hydrogen) atoms. The van der Waals surface area contributed by atoms with Crippen molar-refractivity contribution in [2.75, 3.05) is 30.1 Å². The number of carbonyl (C=O) groups is 1. The molecule has 2 aliphatic rings. The van der Waals surface area contributed by atoms with Crippen LogP contribution >= 0.6 is 0 Å². The van der Waals surface area contributed by atoms with Crippen LogP contribution in [0.4, 0.5) is 0 Å². The van der Waals surface area contributed by atoms with Crippen molar-refractivity contribution in [1.82, 2.24) is 14.7 Å². The van der Waals surface area contributed by atoms with Crippen LogP contribution in [-0.2, 0) is 19.7 Å². The first-order valence-electron chi connectivity index (χ1n) is 10.3. The molecule has 0 aliphatic carbocycles. The maximum Gasteiger partial charge on any atom is 0.274 e. The molecule has 10 heteroatoms. The lowest BCUT2D eigenvalue weighted by atomic mass is 10.0. The molecule has 168 valence electrons. The second kappa shape index (κ2) is 7.74. The van der Waals surface area contributed by atoms with Gasteiger partial charge in [0.25, 0.3) is 5.91 Å². The van der Waals surface area contributed by atoms with E-state index in [-0.39, 0.29) is 46.7 Å². The number of benzene rings is 1. The van der Waals surface area contributed by atoms with Gasteiger partial charge in [0, 0.05) is 18.7 Å². The van der Waals surface area contributed by atoms with E-state index in [0.717, 1.165) is 16.7 Å². The standard InChI is InChI=1S/C21H27N3O5S2/c1-14-4-5-16(10-15(14)2)20-11-19(22-24(20)18-7-9-31(28,29)13-18)21(25)23(3)17-6-8-30(26,27)12-17/h4-5,10-11,17-18H,6-9,12-13H2,1-3H3/t17-,18+/m1/s1. The summed E-state index contributed by atoms with van der Waals surface area (Å²) >= 11 is 0. The molecule has 2 atom stereocenters. The van der Waals surface area contributed by atoms with Gasteiger partial charge in [-0.1, -0.05) is 12.1 Å². The highest BCUT2D eigenvalue weighted by atomic mass is 32.2. The van der Waals surface area contributed by atoms with Crippen molar-refractivity contribution in [3.63, 3.8) is 0 Å². The third-order valence-corrected chi connectivity index (χ3v) is 9.89. The van der Waals surface area contributed by atoms with E-state index in [1.807, 2.05) is 32.0 Å². The van der Waals surface area contributed by atoms with Crippen LogP contribution in [0.25, 0.3) is 11.3 Å². The van der Waals surface area contributed by atoms with Crippen molar-refractivity contribution in [1.29, 1.82) is 0 Å². The van der Waals surface area contributed by atoms with Crippen LogP contribution in [0.15, 0.2) is 24.3 Å². The molecule has 1 amide bonds. The highest BCUT2D eigenvalue weighted by molar-refractivity contribution is 7.91. The molecular weight excluding hydrogens is 438 g/mol. The molecule has 1 aromatic heterocycles. The fraction of sp³-hybridized carbons (Fsp3) is 0.524. The highest BCUT2D eigenvalue weighted by Gasteiger charge is 2.36. The Balaban J connectivity index is 1.72. The van der Waals surface area contributed by atoms with Crippen LogP contribution in [0.2, 0.25) is 0 Å². The van der Waals surface area contributed by atoms with Gasteiger partial charge in [-0.2, -0.15) is 5.10 Å². The summed E-state index contributed by atoms with van der Waals surface area (Å²) in [5.41, 5.74) is 3.98. The second-order valence-corrected chi connectivity index (χ2v) is 13.1. The Labute approximate surface area is 183 Å². The molecule has 4 rings (SSSR count). The SMILES string of the molecule is Cc1ccc(-c2cc(C(=O)N(C)[C@@H]3CCS(=O)(=O)C3)nn2[C@H]2CCS(=O)(=O)C2)cc1C. The number of aryl methyl sites for hydroxylation is 2. The van der Waals surface area contributed by atoms with Gasteiger partial charge < -0.3 is 4.90 Å². The third kappa shape index (κ3) is 4.41. The van der Waals surface area contributed by atoms with Gasteiger partial charge in [-0.15, -0.1) is 0 Å². The van der Waals surface area contributed by atoms with Crippen molar-refractivity contribution in [3.8, 4) is 11.3 Å². The zero-order chi connectivity index (χ0) is 22.6. The number of sulfone groups is 2. The van der Waals surface area contributed by atoms with Crippen molar-refractivity contribution in [2.24, 2.45) is 0 Å².